The molecule has 0 saturated heterocycles. The number of nitrogens with zero attached hydrogens (tertiary/aromatic N) is 3. The number of carboxylic acids is 1. The summed E-state index contributed by atoms with van der Waals surface area (Å²) in [5.41, 5.74) is 2.67. The van der Waals surface area contributed by atoms with Gasteiger partial charge in [-0.3, -0.25) is 19.3 Å². The molecule has 1 aliphatic heterocycles. The molecule has 2 aromatic carbocycles. The SMILES string of the molecule is O=C(O)c1cn2c(c(O)c1=O)C(=O)N(CC1CCCC1)CN2C1c2ccccc2CCc2ccccc21. The fraction of sp³-hybridized carbons (Fsp3) is 0.345. The van der Waals surface area contributed by atoms with Crippen molar-refractivity contribution in [2.24, 2.45) is 5.92 Å². The van der Waals surface area contributed by atoms with Gasteiger partial charge in [-0.25, -0.2) is 4.79 Å². The van der Waals surface area contributed by atoms with E-state index in [4.69, 9.17) is 0 Å². The molecule has 1 saturated carbocycles. The number of aromatic hydroxyl groups is 1. The van der Waals surface area contributed by atoms with E-state index >= 15 is 0 Å². The Bertz CT molecular complexity index is 1410. The molecule has 0 atom stereocenters. The minimum Gasteiger partial charge on any atom is -0.502 e. The number of aromatic nitrogens is 1. The molecular weight excluding hydrogens is 470 g/mol. The van der Waals surface area contributed by atoms with Gasteiger partial charge in [-0.05, 0) is 53.9 Å². The van der Waals surface area contributed by atoms with Crippen LogP contribution in [0.2, 0.25) is 0 Å². The van der Waals surface area contributed by atoms with E-state index in [0.29, 0.717) is 12.5 Å². The second-order valence-electron chi connectivity index (χ2n) is 10.3. The number of hydrogen-bond acceptors (Lipinski definition) is 5. The Hall–Kier alpha value is -4.07. The van der Waals surface area contributed by atoms with Crippen LogP contribution in [0, 0.1) is 5.92 Å². The number of pyridine rings is 1. The van der Waals surface area contributed by atoms with Crippen LogP contribution in [0.25, 0.3) is 0 Å². The summed E-state index contributed by atoms with van der Waals surface area (Å²) in [6.07, 6.45) is 7.23. The van der Waals surface area contributed by atoms with Gasteiger partial charge in [0.05, 0.1) is 6.04 Å². The number of aromatic carboxylic acids is 1. The maximum absolute atomic E-state index is 13.7. The largest absolute Gasteiger partial charge is 0.502 e. The number of carbonyl (C=O) groups is 2. The van der Waals surface area contributed by atoms with E-state index in [-0.39, 0.29) is 18.4 Å². The van der Waals surface area contributed by atoms with Crippen molar-refractivity contribution in [3.63, 3.8) is 0 Å². The van der Waals surface area contributed by atoms with Crippen molar-refractivity contribution in [1.29, 1.82) is 0 Å². The molecule has 2 N–H and O–H groups in total. The lowest BCUT2D eigenvalue weighted by atomic mass is 9.94. The first-order valence-electron chi connectivity index (χ1n) is 12.9. The van der Waals surface area contributed by atoms with Crippen LogP contribution >= 0.6 is 0 Å². The van der Waals surface area contributed by atoms with E-state index in [0.717, 1.165) is 49.7 Å². The maximum atomic E-state index is 13.7. The Kier molecular flexibility index (Phi) is 5.74. The van der Waals surface area contributed by atoms with Crippen molar-refractivity contribution in [3.8, 4) is 5.75 Å². The van der Waals surface area contributed by atoms with E-state index in [9.17, 15) is 24.6 Å². The Morgan fingerprint density at radius 3 is 2.11 bits per heavy atom. The highest BCUT2D eigenvalue weighted by molar-refractivity contribution is 5.98. The second kappa shape index (κ2) is 9.10. The van der Waals surface area contributed by atoms with Crippen LogP contribution in [-0.4, -0.2) is 44.9 Å². The molecule has 0 spiro atoms. The van der Waals surface area contributed by atoms with E-state index in [1.807, 2.05) is 29.3 Å². The summed E-state index contributed by atoms with van der Waals surface area (Å²) in [5, 5.41) is 22.6. The quantitative estimate of drug-likeness (QED) is 0.568. The lowest BCUT2D eigenvalue weighted by molar-refractivity contribution is 0.0637. The van der Waals surface area contributed by atoms with Gasteiger partial charge in [-0.1, -0.05) is 61.4 Å². The van der Waals surface area contributed by atoms with E-state index in [2.05, 4.69) is 24.3 Å². The standard InChI is InChI=1S/C29H29N3O5/c33-26-23(29(36)37)16-31-25(27(26)34)28(35)30(15-18-7-1-2-8-18)17-32(31)24-21-11-5-3-9-19(21)13-14-20-10-4-6-12-22(20)24/h3-6,9-12,16,18,24,34H,1-2,7-8,13-15,17H2,(H,36,37). The van der Waals surface area contributed by atoms with Crippen LogP contribution in [0.15, 0.2) is 59.5 Å². The van der Waals surface area contributed by atoms with Gasteiger partial charge in [-0.2, -0.15) is 0 Å². The van der Waals surface area contributed by atoms with Gasteiger partial charge in [0.2, 0.25) is 5.43 Å². The summed E-state index contributed by atoms with van der Waals surface area (Å²) in [6.45, 7) is 0.733. The van der Waals surface area contributed by atoms with Crippen LogP contribution in [-0.2, 0) is 12.8 Å². The second-order valence-corrected chi connectivity index (χ2v) is 10.3. The zero-order valence-corrected chi connectivity index (χ0v) is 20.5. The molecule has 3 aromatic rings. The van der Waals surface area contributed by atoms with Gasteiger partial charge in [0.25, 0.3) is 5.91 Å². The number of aryl methyl sites for hydroxylation is 2. The molecule has 1 fully saturated rings. The van der Waals surface area contributed by atoms with Crippen molar-refractivity contribution in [1.82, 2.24) is 9.58 Å². The molecule has 2 aliphatic carbocycles. The highest BCUT2D eigenvalue weighted by Gasteiger charge is 2.40. The summed E-state index contributed by atoms with van der Waals surface area (Å²) in [4.78, 5) is 40.1. The number of rotatable bonds is 4. The van der Waals surface area contributed by atoms with Crippen molar-refractivity contribution in [3.05, 3.63) is 98.5 Å². The number of amides is 1. The lowest BCUT2D eigenvalue weighted by Gasteiger charge is -2.45. The molecule has 0 bridgehead atoms. The van der Waals surface area contributed by atoms with Crippen LogP contribution < -0.4 is 10.4 Å². The predicted molar refractivity (Wildman–Crippen MR) is 138 cm³/mol. The third-order valence-electron chi connectivity index (χ3n) is 8.09. The normalized spacial score (nSPS) is 17.8. The van der Waals surface area contributed by atoms with E-state index in [1.165, 1.54) is 22.0 Å². The maximum Gasteiger partial charge on any atom is 0.341 e. The van der Waals surface area contributed by atoms with Crippen molar-refractivity contribution < 1.29 is 19.8 Å². The van der Waals surface area contributed by atoms with Crippen LogP contribution in [0.3, 0.4) is 0 Å². The Morgan fingerprint density at radius 2 is 1.51 bits per heavy atom. The molecule has 3 aliphatic rings. The number of carboxylic acid groups (broad SMARTS) is 1. The molecule has 1 aromatic heterocycles. The zero-order valence-electron chi connectivity index (χ0n) is 20.5. The van der Waals surface area contributed by atoms with Gasteiger partial charge in [0.1, 0.15) is 12.2 Å². The first-order valence-corrected chi connectivity index (χ1v) is 12.9. The molecule has 2 heterocycles. The number of fused-ring (bicyclic) bond motifs is 3. The first-order chi connectivity index (χ1) is 17.9. The molecular formula is C29H29N3O5. The van der Waals surface area contributed by atoms with Crippen LogP contribution in [0.4, 0.5) is 0 Å². The monoisotopic (exact) mass is 499 g/mol. The van der Waals surface area contributed by atoms with Crippen LogP contribution in [0.1, 0.15) is 74.8 Å². The highest BCUT2D eigenvalue weighted by Crippen LogP contribution is 2.39. The molecule has 190 valence electrons. The molecule has 1 amide bonds. The molecule has 37 heavy (non-hydrogen) atoms. The van der Waals surface area contributed by atoms with Gasteiger partial charge < -0.3 is 15.1 Å². The fourth-order valence-electron chi connectivity index (χ4n) is 6.27. The third-order valence-corrected chi connectivity index (χ3v) is 8.09. The van der Waals surface area contributed by atoms with E-state index in [1.54, 1.807) is 4.90 Å². The van der Waals surface area contributed by atoms with Crippen molar-refractivity contribution in [2.75, 3.05) is 18.2 Å². The number of benzene rings is 2. The first kappa shape index (κ1) is 23.3. The molecule has 6 rings (SSSR count). The zero-order chi connectivity index (χ0) is 25.7. The molecule has 0 unspecified atom stereocenters. The van der Waals surface area contributed by atoms with E-state index < -0.39 is 28.6 Å². The smallest absolute Gasteiger partial charge is 0.341 e. The van der Waals surface area contributed by atoms with Gasteiger partial charge in [-0.15, -0.1) is 0 Å². The Labute approximate surface area is 214 Å². The highest BCUT2D eigenvalue weighted by atomic mass is 16.4. The third kappa shape index (κ3) is 3.87. The molecule has 0 radical (unpaired) electrons. The number of carbonyl (C=O) groups excluding carboxylic acids is 1. The minimum absolute atomic E-state index is 0.182. The lowest BCUT2D eigenvalue weighted by Crippen LogP contribution is -2.56. The Balaban J connectivity index is 1.58. The molecule has 8 nitrogen and oxygen atoms in total. The van der Waals surface area contributed by atoms with Gasteiger partial charge >= 0.3 is 5.97 Å². The topological polar surface area (TPSA) is 103 Å². The molecule has 8 heteroatoms. The summed E-state index contributed by atoms with van der Waals surface area (Å²) in [5.74, 6) is -2.36. The van der Waals surface area contributed by atoms with Crippen molar-refractivity contribution in [2.45, 2.75) is 44.6 Å². The van der Waals surface area contributed by atoms with Crippen molar-refractivity contribution >= 4 is 11.9 Å². The number of hydrogen-bond donors (Lipinski definition) is 2. The summed E-state index contributed by atoms with van der Waals surface area (Å²) < 4.78 is 1.41. The van der Waals surface area contributed by atoms with Gasteiger partial charge in [0.15, 0.2) is 11.4 Å². The summed E-state index contributed by atoms with van der Waals surface area (Å²) in [7, 11) is 0. The van der Waals surface area contributed by atoms with Crippen LogP contribution in [0.5, 0.6) is 5.75 Å². The minimum atomic E-state index is -1.45. The van der Waals surface area contributed by atoms with Gasteiger partial charge in [0, 0.05) is 12.7 Å². The predicted octanol–water partition coefficient (Wildman–Crippen LogP) is 3.68. The summed E-state index contributed by atoms with van der Waals surface area (Å²) in [6, 6.07) is 16.0. The average molecular weight is 500 g/mol. The summed E-state index contributed by atoms with van der Waals surface area (Å²) >= 11 is 0. The Morgan fingerprint density at radius 1 is 0.919 bits per heavy atom. The fourth-order valence-corrected chi connectivity index (χ4v) is 6.27. The average Bonchev–Trinajstić information content (AvgIpc) is 3.35.